The molecule has 0 aliphatic heterocycles. The Morgan fingerprint density at radius 1 is 1.08 bits per heavy atom. The molecule has 0 aromatic heterocycles. The Bertz CT molecular complexity index is 246. The van der Waals surface area contributed by atoms with Crippen molar-refractivity contribution < 1.29 is 0 Å². The normalized spacial score (nSPS) is 6.77. The molecule has 0 saturated heterocycles. The fourth-order valence-corrected chi connectivity index (χ4v) is 0.715. The van der Waals surface area contributed by atoms with Crippen LogP contribution in [0, 0.1) is 18.3 Å². The summed E-state index contributed by atoms with van der Waals surface area (Å²) < 4.78 is 0. The predicted octanol–water partition coefficient (Wildman–Crippen LogP) is 3.92. The second kappa shape index (κ2) is 10.7. The molecule has 1 aromatic rings. The zero-order chi connectivity index (χ0) is 10.7. The summed E-state index contributed by atoms with van der Waals surface area (Å²) in [5.41, 5.74) is 1.86. The first-order valence-electron chi connectivity index (χ1n) is 4.79. The summed E-state index contributed by atoms with van der Waals surface area (Å²) >= 11 is 0. The SMILES string of the molecule is CC.CC.Cc1cccc(C#N)c1. The van der Waals surface area contributed by atoms with Crippen molar-refractivity contribution >= 4 is 0 Å². The van der Waals surface area contributed by atoms with Gasteiger partial charge in [-0.2, -0.15) is 5.26 Å². The lowest BCUT2D eigenvalue weighted by atomic mass is 10.2. The van der Waals surface area contributed by atoms with E-state index in [9.17, 15) is 0 Å². The van der Waals surface area contributed by atoms with E-state index >= 15 is 0 Å². The van der Waals surface area contributed by atoms with Crippen LogP contribution in [0.15, 0.2) is 24.3 Å². The second-order valence-corrected chi connectivity index (χ2v) is 1.98. The number of hydrogen-bond donors (Lipinski definition) is 0. The standard InChI is InChI=1S/C8H7N.2C2H6/c1-7-3-2-4-8(5-7)6-9;2*1-2/h2-5H,1H3;2*1-2H3. The third-order valence-electron chi connectivity index (χ3n) is 1.15. The zero-order valence-corrected chi connectivity index (χ0v) is 9.26. The zero-order valence-electron chi connectivity index (χ0n) is 9.26. The summed E-state index contributed by atoms with van der Waals surface area (Å²) in [5.74, 6) is 0. The van der Waals surface area contributed by atoms with Crippen LogP contribution < -0.4 is 0 Å². The first kappa shape index (κ1) is 14.2. The summed E-state index contributed by atoms with van der Waals surface area (Å²) in [5, 5.41) is 8.41. The summed E-state index contributed by atoms with van der Waals surface area (Å²) in [4.78, 5) is 0. The minimum Gasteiger partial charge on any atom is -0.192 e. The number of rotatable bonds is 0. The molecule has 0 spiro atoms. The molecule has 0 amide bonds. The fraction of sp³-hybridized carbons (Fsp3) is 0.417. The van der Waals surface area contributed by atoms with E-state index in [1.807, 2.05) is 52.8 Å². The molecule has 0 N–H and O–H groups in total. The average Bonchev–Trinajstić information content (AvgIpc) is 2.24. The van der Waals surface area contributed by atoms with Crippen LogP contribution in [0.25, 0.3) is 0 Å². The highest BCUT2D eigenvalue weighted by Gasteiger charge is 1.86. The monoisotopic (exact) mass is 177 g/mol. The van der Waals surface area contributed by atoms with Crippen LogP contribution in [0.5, 0.6) is 0 Å². The lowest BCUT2D eigenvalue weighted by molar-refractivity contribution is 1.42. The Balaban J connectivity index is 0. The van der Waals surface area contributed by atoms with Crippen molar-refractivity contribution in [2.75, 3.05) is 0 Å². The van der Waals surface area contributed by atoms with Gasteiger partial charge in [0.05, 0.1) is 11.6 Å². The Morgan fingerprint density at radius 3 is 1.92 bits per heavy atom. The van der Waals surface area contributed by atoms with Crippen LogP contribution >= 0.6 is 0 Å². The topological polar surface area (TPSA) is 23.8 Å². The molecular weight excluding hydrogens is 158 g/mol. The summed E-state index contributed by atoms with van der Waals surface area (Å²) in [6.07, 6.45) is 0. The molecule has 72 valence electrons. The lowest BCUT2D eigenvalue weighted by Gasteiger charge is -1.88. The second-order valence-electron chi connectivity index (χ2n) is 1.98. The van der Waals surface area contributed by atoms with Crippen LogP contribution in [0.1, 0.15) is 38.8 Å². The molecule has 0 aliphatic carbocycles. The van der Waals surface area contributed by atoms with Gasteiger partial charge in [-0.15, -0.1) is 0 Å². The molecular formula is C12H19N. The summed E-state index contributed by atoms with van der Waals surface area (Å²) in [6.45, 7) is 9.97. The number of aryl methyl sites for hydroxylation is 1. The van der Waals surface area contributed by atoms with Crippen LogP contribution in [0.4, 0.5) is 0 Å². The molecule has 0 unspecified atom stereocenters. The van der Waals surface area contributed by atoms with Crippen molar-refractivity contribution in [3.05, 3.63) is 35.4 Å². The molecule has 1 heteroatoms. The molecule has 13 heavy (non-hydrogen) atoms. The van der Waals surface area contributed by atoms with Gasteiger partial charge in [0.15, 0.2) is 0 Å². The molecule has 0 bridgehead atoms. The molecule has 1 aromatic carbocycles. The van der Waals surface area contributed by atoms with Gasteiger partial charge in [0.1, 0.15) is 0 Å². The molecule has 0 fully saturated rings. The Morgan fingerprint density at radius 2 is 1.62 bits per heavy atom. The summed E-state index contributed by atoms with van der Waals surface area (Å²) in [7, 11) is 0. The number of hydrogen-bond acceptors (Lipinski definition) is 1. The minimum absolute atomic E-state index is 0.731. The van der Waals surface area contributed by atoms with Crippen molar-refractivity contribution in [3.8, 4) is 6.07 Å². The first-order chi connectivity index (χ1) is 6.33. The maximum Gasteiger partial charge on any atom is 0.0991 e. The smallest absolute Gasteiger partial charge is 0.0991 e. The van der Waals surface area contributed by atoms with Crippen LogP contribution in [0.3, 0.4) is 0 Å². The van der Waals surface area contributed by atoms with Gasteiger partial charge in [0.25, 0.3) is 0 Å². The highest BCUT2D eigenvalue weighted by atomic mass is 14.2. The Kier molecular flexibility index (Phi) is 11.7. The molecule has 0 radical (unpaired) electrons. The van der Waals surface area contributed by atoms with Gasteiger partial charge in [-0.1, -0.05) is 39.8 Å². The average molecular weight is 177 g/mol. The van der Waals surface area contributed by atoms with E-state index in [4.69, 9.17) is 5.26 Å². The van der Waals surface area contributed by atoms with E-state index in [0.29, 0.717) is 0 Å². The number of nitriles is 1. The van der Waals surface area contributed by atoms with Gasteiger partial charge < -0.3 is 0 Å². The van der Waals surface area contributed by atoms with E-state index in [1.54, 1.807) is 6.07 Å². The van der Waals surface area contributed by atoms with Crippen molar-refractivity contribution in [1.82, 2.24) is 0 Å². The van der Waals surface area contributed by atoms with Gasteiger partial charge >= 0.3 is 0 Å². The fourth-order valence-electron chi connectivity index (χ4n) is 0.715. The minimum atomic E-state index is 0.731. The van der Waals surface area contributed by atoms with Crippen molar-refractivity contribution in [3.63, 3.8) is 0 Å². The van der Waals surface area contributed by atoms with E-state index in [2.05, 4.69) is 6.07 Å². The molecule has 0 heterocycles. The molecule has 0 aliphatic rings. The number of nitrogens with zero attached hydrogens (tertiary/aromatic N) is 1. The summed E-state index contributed by atoms with van der Waals surface area (Å²) in [6, 6.07) is 9.58. The maximum absolute atomic E-state index is 8.41. The van der Waals surface area contributed by atoms with E-state index in [1.165, 1.54) is 0 Å². The third-order valence-corrected chi connectivity index (χ3v) is 1.15. The van der Waals surface area contributed by atoms with Gasteiger partial charge in [-0.3, -0.25) is 0 Å². The highest BCUT2D eigenvalue weighted by Crippen LogP contribution is 2.00. The van der Waals surface area contributed by atoms with Crippen molar-refractivity contribution in [1.29, 1.82) is 5.26 Å². The Labute approximate surface area is 82.0 Å². The first-order valence-corrected chi connectivity index (χ1v) is 4.79. The van der Waals surface area contributed by atoms with Gasteiger partial charge in [0.2, 0.25) is 0 Å². The molecule has 0 atom stereocenters. The van der Waals surface area contributed by atoms with E-state index in [0.717, 1.165) is 11.1 Å². The van der Waals surface area contributed by atoms with Gasteiger partial charge in [-0.25, -0.2) is 0 Å². The highest BCUT2D eigenvalue weighted by molar-refractivity contribution is 5.31. The lowest BCUT2D eigenvalue weighted by Crippen LogP contribution is -1.73. The van der Waals surface area contributed by atoms with E-state index in [-0.39, 0.29) is 0 Å². The number of benzene rings is 1. The third kappa shape index (κ3) is 7.08. The van der Waals surface area contributed by atoms with Crippen molar-refractivity contribution in [2.45, 2.75) is 34.6 Å². The van der Waals surface area contributed by atoms with Crippen LogP contribution in [-0.2, 0) is 0 Å². The van der Waals surface area contributed by atoms with Crippen LogP contribution in [0.2, 0.25) is 0 Å². The molecule has 0 saturated carbocycles. The molecule has 1 rings (SSSR count). The van der Waals surface area contributed by atoms with Crippen LogP contribution in [-0.4, -0.2) is 0 Å². The van der Waals surface area contributed by atoms with Gasteiger partial charge in [-0.05, 0) is 24.6 Å². The maximum atomic E-state index is 8.41. The largest absolute Gasteiger partial charge is 0.192 e. The Hall–Kier alpha value is -1.29. The van der Waals surface area contributed by atoms with E-state index < -0.39 is 0 Å². The molecule has 1 nitrogen and oxygen atoms in total. The van der Waals surface area contributed by atoms with Crippen molar-refractivity contribution in [2.24, 2.45) is 0 Å². The quantitative estimate of drug-likeness (QED) is 0.589. The predicted molar refractivity (Wildman–Crippen MR) is 58.6 cm³/mol. The van der Waals surface area contributed by atoms with Gasteiger partial charge in [0, 0.05) is 0 Å².